The number of carbonyl (C=O) groups excluding carboxylic acids is 4. The molecule has 1 aliphatic carbocycles. The number of hydrogen-bond donors (Lipinski definition) is 1. The van der Waals surface area contributed by atoms with Gasteiger partial charge >= 0.3 is 0 Å². The predicted molar refractivity (Wildman–Crippen MR) is 106 cm³/mol. The third kappa shape index (κ3) is 3.40. The molecular weight excluding hydrogens is 370 g/mol. The lowest BCUT2D eigenvalue weighted by molar-refractivity contribution is 0.0691. The van der Waals surface area contributed by atoms with Crippen LogP contribution in [0.1, 0.15) is 59.8 Å². The Labute approximate surface area is 168 Å². The average molecular weight is 391 g/mol. The molecule has 29 heavy (non-hydrogen) atoms. The number of amides is 4. The second-order valence-electron chi connectivity index (χ2n) is 7.37. The smallest absolute Gasteiger partial charge is 0.261 e. The van der Waals surface area contributed by atoms with Crippen molar-refractivity contribution >= 4 is 23.6 Å². The fourth-order valence-corrected chi connectivity index (χ4v) is 3.52. The second-order valence-corrected chi connectivity index (χ2v) is 7.37. The van der Waals surface area contributed by atoms with E-state index in [1.807, 2.05) is 12.1 Å². The highest BCUT2D eigenvalue weighted by Crippen LogP contribution is 2.31. The molecule has 7 nitrogen and oxygen atoms in total. The van der Waals surface area contributed by atoms with Gasteiger partial charge in [-0.15, -0.1) is 0 Å². The van der Waals surface area contributed by atoms with Crippen molar-refractivity contribution in [3.05, 3.63) is 70.3 Å². The Kier molecular flexibility index (Phi) is 4.66. The number of nitrogens with one attached hydrogen (secondary N) is 1. The van der Waals surface area contributed by atoms with Crippen LogP contribution in [0.4, 0.5) is 0 Å². The number of fused-ring (bicyclic) bond motifs is 1. The van der Waals surface area contributed by atoms with E-state index in [4.69, 9.17) is 0 Å². The van der Waals surface area contributed by atoms with Gasteiger partial charge in [0.05, 0.1) is 11.1 Å². The summed E-state index contributed by atoms with van der Waals surface area (Å²) in [6, 6.07) is 12.0. The monoisotopic (exact) mass is 391 g/mol. The molecule has 0 aromatic heterocycles. The van der Waals surface area contributed by atoms with Crippen LogP contribution in [-0.2, 0) is 6.54 Å². The Morgan fingerprint density at radius 2 is 1.62 bits per heavy atom. The van der Waals surface area contributed by atoms with E-state index in [0.717, 1.165) is 23.3 Å². The maximum absolute atomic E-state index is 13.2. The molecule has 7 heteroatoms. The minimum absolute atomic E-state index is 0.158. The summed E-state index contributed by atoms with van der Waals surface area (Å²) in [6.07, 6.45) is 1.88. The van der Waals surface area contributed by atoms with Crippen LogP contribution in [0.3, 0.4) is 0 Å². The van der Waals surface area contributed by atoms with Crippen LogP contribution in [0, 0.1) is 0 Å². The van der Waals surface area contributed by atoms with E-state index in [1.54, 1.807) is 36.2 Å². The lowest BCUT2D eigenvalue weighted by atomic mass is 10.0. The SMILES string of the molecule is CNC(=O)c1ccc(CN(C(=O)c2ccc3c(c2)C(=O)N(C)C3=O)C2CC2)cc1. The van der Waals surface area contributed by atoms with Crippen LogP contribution in [0.15, 0.2) is 42.5 Å². The molecule has 0 atom stereocenters. The zero-order chi connectivity index (χ0) is 20.7. The number of imide groups is 1. The van der Waals surface area contributed by atoms with E-state index >= 15 is 0 Å². The average Bonchev–Trinajstić information content (AvgIpc) is 3.57. The molecule has 1 heterocycles. The molecule has 2 aliphatic rings. The molecular formula is C22H21N3O4. The van der Waals surface area contributed by atoms with Crippen molar-refractivity contribution in [2.45, 2.75) is 25.4 Å². The lowest BCUT2D eigenvalue weighted by Gasteiger charge is -2.23. The largest absolute Gasteiger partial charge is 0.355 e. The topological polar surface area (TPSA) is 86.8 Å². The zero-order valence-electron chi connectivity index (χ0n) is 16.3. The van der Waals surface area contributed by atoms with E-state index in [9.17, 15) is 19.2 Å². The van der Waals surface area contributed by atoms with E-state index in [-0.39, 0.29) is 35.2 Å². The van der Waals surface area contributed by atoms with Gasteiger partial charge in [-0.25, -0.2) is 0 Å². The quantitative estimate of drug-likeness (QED) is 0.791. The summed E-state index contributed by atoms with van der Waals surface area (Å²) in [5.41, 5.74) is 2.48. The Hall–Kier alpha value is -3.48. The highest BCUT2D eigenvalue weighted by Gasteiger charge is 2.36. The molecule has 1 N–H and O–H groups in total. The first-order valence-corrected chi connectivity index (χ1v) is 9.49. The molecule has 148 valence electrons. The summed E-state index contributed by atoms with van der Waals surface area (Å²) in [7, 11) is 3.02. The Balaban J connectivity index is 1.57. The lowest BCUT2D eigenvalue weighted by Crippen LogP contribution is -2.32. The molecule has 1 aliphatic heterocycles. The van der Waals surface area contributed by atoms with Crippen molar-refractivity contribution in [3.8, 4) is 0 Å². The van der Waals surface area contributed by atoms with Crippen LogP contribution >= 0.6 is 0 Å². The van der Waals surface area contributed by atoms with Gasteiger partial charge in [0.1, 0.15) is 0 Å². The van der Waals surface area contributed by atoms with Crippen LogP contribution < -0.4 is 5.32 Å². The van der Waals surface area contributed by atoms with Gasteiger partial charge in [-0.2, -0.15) is 0 Å². The van der Waals surface area contributed by atoms with Crippen molar-refractivity contribution in [1.82, 2.24) is 15.1 Å². The van der Waals surface area contributed by atoms with Crippen molar-refractivity contribution in [2.75, 3.05) is 14.1 Å². The highest BCUT2D eigenvalue weighted by molar-refractivity contribution is 6.21. The van der Waals surface area contributed by atoms with Gasteiger partial charge in [0, 0.05) is 37.8 Å². The van der Waals surface area contributed by atoms with Gasteiger partial charge in [0.25, 0.3) is 23.6 Å². The first-order chi connectivity index (χ1) is 13.9. The zero-order valence-corrected chi connectivity index (χ0v) is 16.3. The summed E-state index contributed by atoms with van der Waals surface area (Å²) in [6.45, 7) is 0.418. The number of carbonyl (C=O) groups is 4. The van der Waals surface area contributed by atoms with Crippen LogP contribution in [0.5, 0.6) is 0 Å². The number of rotatable bonds is 5. The first kappa shape index (κ1) is 18.9. The van der Waals surface area contributed by atoms with E-state index < -0.39 is 0 Å². The van der Waals surface area contributed by atoms with Crippen LogP contribution in [-0.4, -0.2) is 53.6 Å². The molecule has 1 fully saturated rings. The summed E-state index contributed by atoms with van der Waals surface area (Å²) in [5, 5.41) is 2.58. The maximum atomic E-state index is 13.2. The fourth-order valence-electron chi connectivity index (χ4n) is 3.52. The fraction of sp³-hybridized carbons (Fsp3) is 0.273. The third-order valence-electron chi connectivity index (χ3n) is 5.38. The van der Waals surface area contributed by atoms with Gasteiger partial charge in [0.2, 0.25) is 0 Å². The summed E-state index contributed by atoms with van der Waals surface area (Å²) >= 11 is 0. The van der Waals surface area contributed by atoms with Gasteiger partial charge in [-0.3, -0.25) is 24.1 Å². The van der Waals surface area contributed by atoms with E-state index in [2.05, 4.69) is 5.32 Å². The number of nitrogens with zero attached hydrogens (tertiary/aromatic N) is 2. The summed E-state index contributed by atoms with van der Waals surface area (Å²) in [5.74, 6) is -1.06. The summed E-state index contributed by atoms with van der Waals surface area (Å²) in [4.78, 5) is 52.0. The predicted octanol–water partition coefficient (Wildman–Crippen LogP) is 2.08. The molecule has 4 amide bonds. The summed E-state index contributed by atoms with van der Waals surface area (Å²) < 4.78 is 0. The first-order valence-electron chi connectivity index (χ1n) is 9.49. The Morgan fingerprint density at radius 3 is 2.24 bits per heavy atom. The van der Waals surface area contributed by atoms with Crippen molar-refractivity contribution in [1.29, 1.82) is 0 Å². The number of benzene rings is 2. The molecule has 1 saturated carbocycles. The maximum Gasteiger partial charge on any atom is 0.261 e. The van der Waals surface area contributed by atoms with Gasteiger partial charge in [-0.1, -0.05) is 12.1 Å². The normalized spacial score (nSPS) is 15.3. The van der Waals surface area contributed by atoms with Crippen molar-refractivity contribution in [2.24, 2.45) is 0 Å². The van der Waals surface area contributed by atoms with Crippen molar-refractivity contribution in [3.63, 3.8) is 0 Å². The van der Waals surface area contributed by atoms with Gasteiger partial charge < -0.3 is 10.2 Å². The molecule has 0 radical (unpaired) electrons. The second kappa shape index (κ2) is 7.16. The third-order valence-corrected chi connectivity index (χ3v) is 5.38. The van der Waals surface area contributed by atoms with Crippen LogP contribution in [0.25, 0.3) is 0 Å². The highest BCUT2D eigenvalue weighted by atomic mass is 16.2. The minimum Gasteiger partial charge on any atom is -0.355 e. The molecule has 0 unspecified atom stereocenters. The molecule has 2 aromatic carbocycles. The standard InChI is InChI=1S/C22H21N3O4/c1-23-19(26)14-5-3-13(4-6-14)12-25(16-8-9-16)20(27)15-7-10-17-18(11-15)22(29)24(2)21(17)28/h3-7,10-11,16H,8-9,12H2,1-2H3,(H,23,26). The minimum atomic E-state index is -0.387. The molecule has 0 saturated heterocycles. The Morgan fingerprint density at radius 1 is 1.00 bits per heavy atom. The van der Waals surface area contributed by atoms with Crippen molar-refractivity contribution < 1.29 is 19.2 Å². The molecule has 0 spiro atoms. The number of hydrogen-bond acceptors (Lipinski definition) is 4. The molecule has 0 bridgehead atoms. The molecule has 4 rings (SSSR count). The van der Waals surface area contributed by atoms with Gasteiger partial charge in [0.15, 0.2) is 0 Å². The van der Waals surface area contributed by atoms with Gasteiger partial charge in [-0.05, 0) is 48.7 Å². The van der Waals surface area contributed by atoms with Crippen LogP contribution in [0.2, 0.25) is 0 Å². The molecule has 2 aromatic rings. The van der Waals surface area contributed by atoms with E-state index in [0.29, 0.717) is 23.2 Å². The Bertz CT molecular complexity index is 1020. The van der Waals surface area contributed by atoms with E-state index in [1.165, 1.54) is 13.1 Å².